The number of hydrogen-bond acceptors (Lipinski definition) is 4. The topological polar surface area (TPSA) is 37.8 Å². The van der Waals surface area contributed by atoms with Crippen LogP contribution in [0.15, 0.2) is 10.7 Å². The second-order valence-electron chi connectivity index (χ2n) is 3.69. The van der Waals surface area contributed by atoms with Gasteiger partial charge >= 0.3 is 0 Å². The molecule has 1 aromatic rings. The summed E-state index contributed by atoms with van der Waals surface area (Å²) in [5, 5.41) is 3.38. The Morgan fingerprint density at radius 1 is 1.60 bits per heavy atom. The van der Waals surface area contributed by atoms with Crippen molar-refractivity contribution in [3.8, 4) is 0 Å². The second-order valence-corrected chi connectivity index (χ2v) is 5.69. The molecule has 1 aliphatic heterocycles. The predicted octanol–water partition coefficient (Wildman–Crippen LogP) is 2.86. The third-order valence-electron chi connectivity index (χ3n) is 2.41. The molecule has 0 radical (unpaired) electrons. The lowest BCUT2D eigenvalue weighted by Gasteiger charge is -2.22. The van der Waals surface area contributed by atoms with Crippen molar-refractivity contribution in [1.29, 1.82) is 0 Å². The Morgan fingerprint density at radius 3 is 3.13 bits per heavy atom. The highest BCUT2D eigenvalue weighted by molar-refractivity contribution is 9.10. The molecule has 3 nitrogen and oxygen atoms in total. The number of nitrogens with zero attached hydrogens (tertiary/aromatic N) is 2. The maximum absolute atomic E-state index is 4.39. The zero-order valence-electron chi connectivity index (χ0n) is 8.66. The molecule has 1 atom stereocenters. The van der Waals surface area contributed by atoms with E-state index in [9.17, 15) is 0 Å². The Balaban J connectivity index is 2.00. The lowest BCUT2D eigenvalue weighted by molar-refractivity contribution is 0.678. The van der Waals surface area contributed by atoms with Gasteiger partial charge < -0.3 is 5.32 Å². The van der Waals surface area contributed by atoms with Crippen LogP contribution in [0.2, 0.25) is 0 Å². The van der Waals surface area contributed by atoms with Crippen molar-refractivity contribution in [2.45, 2.75) is 25.8 Å². The molecular formula is C10H14BrN3S. The molecule has 1 aromatic heterocycles. The van der Waals surface area contributed by atoms with Crippen LogP contribution in [0.1, 0.15) is 18.5 Å². The molecule has 2 rings (SSSR count). The van der Waals surface area contributed by atoms with Crippen LogP contribution in [0, 0.1) is 6.92 Å². The Hall–Kier alpha value is -0.290. The number of aromatic nitrogens is 2. The minimum Gasteiger partial charge on any atom is -0.351 e. The molecule has 0 bridgehead atoms. The minimum atomic E-state index is 0.532. The molecule has 1 N–H and O–H groups in total. The van der Waals surface area contributed by atoms with E-state index in [1.165, 1.54) is 24.3 Å². The normalized spacial score (nSPS) is 21.3. The van der Waals surface area contributed by atoms with E-state index in [1.54, 1.807) is 6.20 Å². The first-order valence-corrected chi connectivity index (χ1v) is 7.04. The van der Waals surface area contributed by atoms with Crippen LogP contribution in [0.3, 0.4) is 0 Å². The van der Waals surface area contributed by atoms with Gasteiger partial charge in [0.05, 0.1) is 10.2 Å². The van der Waals surface area contributed by atoms with E-state index >= 15 is 0 Å². The van der Waals surface area contributed by atoms with E-state index in [4.69, 9.17) is 0 Å². The van der Waals surface area contributed by atoms with Crippen LogP contribution in [0.5, 0.6) is 0 Å². The third kappa shape index (κ3) is 3.08. The summed E-state index contributed by atoms with van der Waals surface area (Å²) in [6.07, 6.45) is 4.32. The van der Waals surface area contributed by atoms with Gasteiger partial charge in [-0.15, -0.1) is 0 Å². The predicted molar refractivity (Wildman–Crippen MR) is 68.4 cm³/mol. The summed E-state index contributed by atoms with van der Waals surface area (Å²) in [6, 6.07) is 0.532. The molecule has 1 fully saturated rings. The van der Waals surface area contributed by atoms with Crippen molar-refractivity contribution in [1.82, 2.24) is 9.97 Å². The van der Waals surface area contributed by atoms with Crippen molar-refractivity contribution < 1.29 is 0 Å². The average molecular weight is 288 g/mol. The second kappa shape index (κ2) is 5.16. The molecule has 0 amide bonds. The maximum Gasteiger partial charge on any atom is 0.223 e. The van der Waals surface area contributed by atoms with Gasteiger partial charge in [0.2, 0.25) is 5.95 Å². The molecule has 82 valence electrons. The Labute approximate surface area is 103 Å². The minimum absolute atomic E-state index is 0.532. The van der Waals surface area contributed by atoms with E-state index in [2.05, 4.69) is 31.2 Å². The van der Waals surface area contributed by atoms with E-state index in [0.29, 0.717) is 6.04 Å². The summed E-state index contributed by atoms with van der Waals surface area (Å²) >= 11 is 5.40. The molecule has 1 unspecified atom stereocenters. The molecule has 0 aromatic carbocycles. The number of rotatable bonds is 2. The molecule has 15 heavy (non-hydrogen) atoms. The number of thioether (sulfide) groups is 1. The number of hydrogen-bond donors (Lipinski definition) is 1. The van der Waals surface area contributed by atoms with Crippen molar-refractivity contribution in [3.05, 3.63) is 16.4 Å². The summed E-state index contributed by atoms with van der Waals surface area (Å²) in [5.41, 5.74) is 0.982. The first-order valence-electron chi connectivity index (χ1n) is 5.09. The number of nitrogens with one attached hydrogen (secondary N) is 1. The van der Waals surface area contributed by atoms with Gasteiger partial charge in [-0.25, -0.2) is 9.97 Å². The first-order chi connectivity index (χ1) is 7.25. The van der Waals surface area contributed by atoms with Crippen LogP contribution in [0.4, 0.5) is 5.95 Å². The fourth-order valence-corrected chi connectivity index (χ4v) is 2.82. The quantitative estimate of drug-likeness (QED) is 0.908. The zero-order valence-corrected chi connectivity index (χ0v) is 11.1. The van der Waals surface area contributed by atoms with Gasteiger partial charge in [0.15, 0.2) is 0 Å². The van der Waals surface area contributed by atoms with Crippen molar-refractivity contribution in [2.75, 3.05) is 16.8 Å². The Morgan fingerprint density at radius 2 is 2.47 bits per heavy atom. The molecular weight excluding hydrogens is 274 g/mol. The van der Waals surface area contributed by atoms with E-state index in [0.717, 1.165) is 16.1 Å². The van der Waals surface area contributed by atoms with Crippen LogP contribution < -0.4 is 5.32 Å². The van der Waals surface area contributed by atoms with E-state index in [1.807, 2.05) is 18.7 Å². The molecule has 0 aliphatic carbocycles. The summed E-state index contributed by atoms with van der Waals surface area (Å²) in [7, 11) is 0. The molecule has 0 saturated carbocycles. The summed E-state index contributed by atoms with van der Waals surface area (Å²) < 4.78 is 0.964. The molecule has 2 heterocycles. The van der Waals surface area contributed by atoms with Crippen molar-refractivity contribution in [2.24, 2.45) is 0 Å². The van der Waals surface area contributed by atoms with Gasteiger partial charge in [-0.3, -0.25) is 0 Å². The van der Waals surface area contributed by atoms with Crippen molar-refractivity contribution in [3.63, 3.8) is 0 Å². The largest absolute Gasteiger partial charge is 0.351 e. The molecule has 5 heteroatoms. The highest BCUT2D eigenvalue weighted by Gasteiger charge is 2.14. The Bertz CT molecular complexity index is 339. The van der Waals surface area contributed by atoms with E-state index < -0.39 is 0 Å². The average Bonchev–Trinajstić information content (AvgIpc) is 2.25. The van der Waals surface area contributed by atoms with Crippen LogP contribution in [0.25, 0.3) is 0 Å². The zero-order chi connectivity index (χ0) is 10.7. The van der Waals surface area contributed by atoms with Gasteiger partial charge in [-0.2, -0.15) is 11.8 Å². The first kappa shape index (κ1) is 11.2. The highest BCUT2D eigenvalue weighted by atomic mass is 79.9. The fourth-order valence-electron chi connectivity index (χ4n) is 1.56. The van der Waals surface area contributed by atoms with Gasteiger partial charge in [0, 0.05) is 18.0 Å². The number of anilines is 1. The van der Waals surface area contributed by atoms with Gasteiger partial charge in [0.1, 0.15) is 0 Å². The smallest absolute Gasteiger partial charge is 0.223 e. The van der Waals surface area contributed by atoms with Crippen LogP contribution in [-0.2, 0) is 0 Å². The monoisotopic (exact) mass is 287 g/mol. The standard InChI is InChI=1S/C10H14BrN3S/c1-7-9(11)5-12-10(13-7)14-8-3-2-4-15-6-8/h5,8H,2-4,6H2,1H3,(H,12,13,14). The molecule has 0 spiro atoms. The Kier molecular flexibility index (Phi) is 3.86. The van der Waals surface area contributed by atoms with E-state index in [-0.39, 0.29) is 0 Å². The molecule has 1 saturated heterocycles. The van der Waals surface area contributed by atoms with Crippen molar-refractivity contribution >= 4 is 33.6 Å². The van der Waals surface area contributed by atoms with Gasteiger partial charge in [-0.1, -0.05) is 0 Å². The summed E-state index contributed by atoms with van der Waals surface area (Å²) in [4.78, 5) is 8.64. The summed E-state index contributed by atoms with van der Waals surface area (Å²) in [5.74, 6) is 3.21. The lowest BCUT2D eigenvalue weighted by Crippen LogP contribution is -2.26. The van der Waals surface area contributed by atoms with Gasteiger partial charge in [-0.05, 0) is 41.4 Å². The third-order valence-corrected chi connectivity index (χ3v) is 4.41. The number of halogens is 1. The van der Waals surface area contributed by atoms with Crippen LogP contribution in [-0.4, -0.2) is 27.5 Å². The fraction of sp³-hybridized carbons (Fsp3) is 0.600. The number of aryl methyl sites for hydroxylation is 1. The summed E-state index contributed by atoms with van der Waals surface area (Å²) in [6.45, 7) is 1.98. The van der Waals surface area contributed by atoms with Gasteiger partial charge in [0.25, 0.3) is 0 Å². The SMILES string of the molecule is Cc1nc(NC2CCCSC2)ncc1Br. The van der Waals surface area contributed by atoms with Crippen LogP contribution >= 0.6 is 27.7 Å². The lowest BCUT2D eigenvalue weighted by atomic mass is 10.2. The maximum atomic E-state index is 4.39. The molecule has 1 aliphatic rings. The highest BCUT2D eigenvalue weighted by Crippen LogP contribution is 2.20.